The van der Waals surface area contributed by atoms with E-state index in [1.807, 2.05) is 12.1 Å². The number of rotatable bonds is 3. The summed E-state index contributed by atoms with van der Waals surface area (Å²) in [5, 5.41) is 2.06. The van der Waals surface area contributed by atoms with Gasteiger partial charge in [0.2, 0.25) is 0 Å². The zero-order valence-corrected chi connectivity index (χ0v) is 12.3. The number of halogens is 1. The van der Waals surface area contributed by atoms with Crippen molar-refractivity contribution >= 4 is 27.3 Å². The normalized spacial score (nSPS) is 17.8. The van der Waals surface area contributed by atoms with Gasteiger partial charge in [-0.15, -0.1) is 11.3 Å². The van der Waals surface area contributed by atoms with Crippen LogP contribution in [0.4, 0.5) is 0 Å². The third-order valence-corrected chi connectivity index (χ3v) is 5.20. The molecule has 0 bridgehead atoms. The van der Waals surface area contributed by atoms with Crippen LogP contribution in [-0.4, -0.2) is 0 Å². The molecule has 0 spiro atoms. The van der Waals surface area contributed by atoms with Gasteiger partial charge in [0.25, 0.3) is 0 Å². The summed E-state index contributed by atoms with van der Waals surface area (Å²) in [6, 6.07) is 8.51. The summed E-state index contributed by atoms with van der Waals surface area (Å²) in [4.78, 5) is 1.21. The van der Waals surface area contributed by atoms with Crippen LogP contribution < -0.4 is 10.5 Å². The largest absolute Gasteiger partial charge is 0.488 e. The lowest BCUT2D eigenvalue weighted by Gasteiger charge is -2.09. The van der Waals surface area contributed by atoms with E-state index in [2.05, 4.69) is 33.4 Å². The fraction of sp³-hybridized carbons (Fsp3) is 0.286. The molecule has 0 radical (unpaired) electrons. The van der Waals surface area contributed by atoms with Gasteiger partial charge in [-0.05, 0) is 63.5 Å². The lowest BCUT2D eigenvalue weighted by atomic mass is 10.1. The SMILES string of the molecule is N[C@H]1CCc2cc(OCc3sccc3Br)ccc21. The van der Waals surface area contributed by atoms with Crippen molar-refractivity contribution in [3.8, 4) is 5.75 Å². The maximum absolute atomic E-state index is 6.02. The van der Waals surface area contributed by atoms with Gasteiger partial charge >= 0.3 is 0 Å². The van der Waals surface area contributed by atoms with E-state index in [9.17, 15) is 0 Å². The summed E-state index contributed by atoms with van der Waals surface area (Å²) in [5.74, 6) is 0.933. The first-order valence-corrected chi connectivity index (χ1v) is 7.64. The second-order valence-electron chi connectivity index (χ2n) is 4.49. The molecule has 2 N–H and O–H groups in total. The molecule has 0 fully saturated rings. The van der Waals surface area contributed by atoms with Crippen molar-refractivity contribution in [1.29, 1.82) is 0 Å². The van der Waals surface area contributed by atoms with Crippen molar-refractivity contribution in [3.05, 3.63) is 50.1 Å². The van der Waals surface area contributed by atoms with Crippen molar-refractivity contribution in [2.75, 3.05) is 0 Å². The highest BCUT2D eigenvalue weighted by molar-refractivity contribution is 9.10. The van der Waals surface area contributed by atoms with Gasteiger partial charge in [-0.2, -0.15) is 0 Å². The molecule has 3 rings (SSSR count). The maximum atomic E-state index is 6.02. The number of nitrogens with two attached hydrogens (primary N) is 1. The van der Waals surface area contributed by atoms with Gasteiger partial charge in [0.05, 0.1) is 4.88 Å². The van der Waals surface area contributed by atoms with Gasteiger partial charge in [0.1, 0.15) is 12.4 Å². The van der Waals surface area contributed by atoms with E-state index < -0.39 is 0 Å². The standard InChI is InChI=1S/C14H14BrNOS/c15-12-5-6-18-14(12)8-17-10-2-3-11-9(7-10)1-4-13(11)16/h2-3,5-7,13H,1,4,8,16H2/t13-/m0/s1. The molecule has 0 aliphatic heterocycles. The van der Waals surface area contributed by atoms with Crippen molar-refractivity contribution in [2.24, 2.45) is 5.73 Å². The van der Waals surface area contributed by atoms with Crippen LogP contribution in [-0.2, 0) is 13.0 Å². The fourth-order valence-electron chi connectivity index (χ4n) is 2.29. The molecule has 1 aliphatic carbocycles. The Bertz CT molecular complexity index is 567. The monoisotopic (exact) mass is 323 g/mol. The van der Waals surface area contributed by atoms with E-state index >= 15 is 0 Å². The van der Waals surface area contributed by atoms with Crippen molar-refractivity contribution in [3.63, 3.8) is 0 Å². The Morgan fingerprint density at radius 3 is 3.06 bits per heavy atom. The van der Waals surface area contributed by atoms with Crippen LogP contribution in [0.25, 0.3) is 0 Å². The number of hydrogen-bond donors (Lipinski definition) is 1. The molecule has 2 nitrogen and oxygen atoms in total. The molecule has 1 heterocycles. The average molecular weight is 324 g/mol. The molecule has 1 aromatic heterocycles. The Kier molecular flexibility index (Phi) is 3.41. The van der Waals surface area contributed by atoms with E-state index in [1.165, 1.54) is 16.0 Å². The van der Waals surface area contributed by atoms with Crippen molar-refractivity contribution < 1.29 is 4.74 Å². The molecule has 1 aromatic carbocycles. The third-order valence-electron chi connectivity index (χ3n) is 3.30. The van der Waals surface area contributed by atoms with E-state index in [4.69, 9.17) is 10.5 Å². The van der Waals surface area contributed by atoms with Crippen molar-refractivity contribution in [1.82, 2.24) is 0 Å². The van der Waals surface area contributed by atoms with Gasteiger partial charge in [-0.3, -0.25) is 0 Å². The molecule has 94 valence electrons. The zero-order chi connectivity index (χ0) is 12.5. The zero-order valence-electron chi connectivity index (χ0n) is 9.86. The minimum Gasteiger partial charge on any atom is -0.488 e. The molecule has 1 aliphatic rings. The second-order valence-corrected chi connectivity index (χ2v) is 6.34. The lowest BCUT2D eigenvalue weighted by Crippen LogP contribution is -2.04. The third kappa shape index (κ3) is 2.32. The average Bonchev–Trinajstić information content (AvgIpc) is 2.94. The van der Waals surface area contributed by atoms with Gasteiger partial charge in [0, 0.05) is 10.5 Å². The number of benzene rings is 1. The second kappa shape index (κ2) is 5.03. The highest BCUT2D eigenvalue weighted by Gasteiger charge is 2.19. The number of fused-ring (bicyclic) bond motifs is 1. The first-order valence-electron chi connectivity index (χ1n) is 5.97. The first-order chi connectivity index (χ1) is 8.74. The Balaban J connectivity index is 1.73. The fourth-order valence-corrected chi connectivity index (χ4v) is 3.67. The van der Waals surface area contributed by atoms with Crippen LogP contribution in [0.3, 0.4) is 0 Å². The number of aryl methyl sites for hydroxylation is 1. The molecule has 2 aromatic rings. The number of ether oxygens (including phenoxy) is 1. The Morgan fingerprint density at radius 1 is 1.39 bits per heavy atom. The van der Waals surface area contributed by atoms with E-state index in [0.29, 0.717) is 6.61 Å². The van der Waals surface area contributed by atoms with Crippen LogP contribution in [0.2, 0.25) is 0 Å². The minimum atomic E-state index is 0.209. The van der Waals surface area contributed by atoms with E-state index in [0.717, 1.165) is 23.1 Å². The number of thiophene rings is 1. The van der Waals surface area contributed by atoms with Crippen LogP contribution in [0, 0.1) is 0 Å². The Labute approximate surface area is 119 Å². The van der Waals surface area contributed by atoms with Gasteiger partial charge in [-0.1, -0.05) is 6.07 Å². The highest BCUT2D eigenvalue weighted by Crippen LogP contribution is 2.32. The van der Waals surface area contributed by atoms with Crippen LogP contribution in [0.15, 0.2) is 34.1 Å². The number of hydrogen-bond acceptors (Lipinski definition) is 3. The summed E-state index contributed by atoms with van der Waals surface area (Å²) in [6.45, 7) is 0.614. The molecular formula is C14H14BrNOS. The molecule has 18 heavy (non-hydrogen) atoms. The Hall–Kier alpha value is -0.840. The Morgan fingerprint density at radius 2 is 2.28 bits per heavy atom. The lowest BCUT2D eigenvalue weighted by molar-refractivity contribution is 0.309. The smallest absolute Gasteiger partial charge is 0.124 e. The molecule has 0 saturated heterocycles. The van der Waals surface area contributed by atoms with Crippen LogP contribution in [0.5, 0.6) is 5.75 Å². The maximum Gasteiger partial charge on any atom is 0.124 e. The summed E-state index contributed by atoms with van der Waals surface area (Å²) in [5.41, 5.74) is 8.64. The summed E-state index contributed by atoms with van der Waals surface area (Å²) < 4.78 is 6.95. The van der Waals surface area contributed by atoms with E-state index in [-0.39, 0.29) is 6.04 Å². The summed E-state index contributed by atoms with van der Waals surface area (Å²) >= 11 is 5.21. The van der Waals surface area contributed by atoms with Gasteiger partial charge in [0.15, 0.2) is 0 Å². The van der Waals surface area contributed by atoms with Crippen molar-refractivity contribution in [2.45, 2.75) is 25.5 Å². The molecule has 0 unspecified atom stereocenters. The summed E-state index contributed by atoms with van der Waals surface area (Å²) in [7, 11) is 0. The highest BCUT2D eigenvalue weighted by atomic mass is 79.9. The first kappa shape index (κ1) is 12.2. The molecule has 1 atom stereocenters. The molecular weight excluding hydrogens is 310 g/mol. The van der Waals surface area contributed by atoms with Crippen LogP contribution >= 0.6 is 27.3 Å². The molecule has 4 heteroatoms. The predicted octanol–water partition coefficient (Wildman–Crippen LogP) is 4.04. The molecule has 0 saturated carbocycles. The van der Waals surface area contributed by atoms with Gasteiger partial charge < -0.3 is 10.5 Å². The van der Waals surface area contributed by atoms with E-state index in [1.54, 1.807) is 11.3 Å². The minimum absolute atomic E-state index is 0.209. The summed E-state index contributed by atoms with van der Waals surface area (Å²) in [6.07, 6.45) is 2.12. The molecule has 0 amide bonds. The van der Waals surface area contributed by atoms with Gasteiger partial charge in [-0.25, -0.2) is 0 Å². The predicted molar refractivity (Wildman–Crippen MR) is 78.0 cm³/mol. The van der Waals surface area contributed by atoms with Crippen LogP contribution in [0.1, 0.15) is 28.5 Å². The quantitative estimate of drug-likeness (QED) is 0.925. The topological polar surface area (TPSA) is 35.2 Å².